The van der Waals surface area contributed by atoms with Crippen molar-refractivity contribution in [3.8, 4) is 0 Å². The predicted molar refractivity (Wildman–Crippen MR) is 106 cm³/mol. The van der Waals surface area contributed by atoms with E-state index in [2.05, 4.69) is 10.6 Å². The van der Waals surface area contributed by atoms with Gasteiger partial charge in [-0.15, -0.1) is 0 Å². The number of sulfonamides is 1. The zero-order valence-corrected chi connectivity index (χ0v) is 15.5. The third-order valence-corrected chi connectivity index (χ3v) is 4.69. The maximum Gasteiger partial charge on any atom is 0.326 e. The lowest BCUT2D eigenvalue weighted by Gasteiger charge is -2.09. The summed E-state index contributed by atoms with van der Waals surface area (Å²) < 4.78 is 25.2. The Hall–Kier alpha value is -3.24. The molecule has 2 rings (SSSR count). The quantitative estimate of drug-likeness (QED) is 0.442. The summed E-state index contributed by atoms with van der Waals surface area (Å²) >= 11 is 5.04. The number of primary amides is 1. The van der Waals surface area contributed by atoms with Gasteiger partial charge in [0.25, 0.3) is 10.0 Å². The highest BCUT2D eigenvalue weighted by Gasteiger charge is 2.15. The minimum Gasteiger partial charge on any atom is -0.351 e. The standard InChI is InChI=1S/C17H16N4O4S2/c18-16(23)21-27(24,25)14-9-7-13(8-10-14)19-17(26)20-15(22)11-6-12-4-2-1-3-5-12/h1-11H,(H3,18,21,23)(H2,19,20,22,26). The first-order valence-corrected chi connectivity index (χ1v) is 9.43. The van der Waals surface area contributed by atoms with Gasteiger partial charge in [-0.3, -0.25) is 10.1 Å². The number of carbonyl (C=O) groups excluding carboxylic acids is 2. The summed E-state index contributed by atoms with van der Waals surface area (Å²) in [7, 11) is -4.02. The number of nitrogens with one attached hydrogen (secondary N) is 3. The lowest BCUT2D eigenvalue weighted by molar-refractivity contribution is -0.115. The van der Waals surface area contributed by atoms with Crippen LogP contribution in [-0.4, -0.2) is 25.5 Å². The van der Waals surface area contributed by atoms with E-state index >= 15 is 0 Å². The molecule has 5 N–H and O–H groups in total. The van der Waals surface area contributed by atoms with Crippen molar-refractivity contribution >= 4 is 51.1 Å². The van der Waals surface area contributed by atoms with Crippen molar-refractivity contribution in [3.63, 3.8) is 0 Å². The lowest BCUT2D eigenvalue weighted by Crippen LogP contribution is -2.35. The summed E-state index contributed by atoms with van der Waals surface area (Å²) in [5.74, 6) is -0.416. The zero-order chi connectivity index (χ0) is 19.9. The molecule has 2 aromatic rings. The van der Waals surface area contributed by atoms with Crippen molar-refractivity contribution in [2.45, 2.75) is 4.90 Å². The largest absolute Gasteiger partial charge is 0.351 e. The van der Waals surface area contributed by atoms with E-state index in [-0.39, 0.29) is 10.0 Å². The fourth-order valence-corrected chi connectivity index (χ4v) is 3.06. The van der Waals surface area contributed by atoms with E-state index < -0.39 is 22.0 Å². The summed E-state index contributed by atoms with van der Waals surface area (Å²) in [6.07, 6.45) is 2.98. The highest BCUT2D eigenvalue weighted by Crippen LogP contribution is 2.13. The first kappa shape index (κ1) is 20.1. The zero-order valence-electron chi connectivity index (χ0n) is 13.9. The molecule has 0 spiro atoms. The van der Waals surface area contributed by atoms with Gasteiger partial charge in [0, 0.05) is 11.8 Å². The summed E-state index contributed by atoms with van der Waals surface area (Å²) in [6, 6.07) is 13.5. The highest BCUT2D eigenvalue weighted by molar-refractivity contribution is 7.90. The van der Waals surface area contributed by atoms with Crippen LogP contribution in [0.2, 0.25) is 0 Å². The Morgan fingerprint density at radius 1 is 1.00 bits per heavy atom. The molecule has 2 aromatic carbocycles. The van der Waals surface area contributed by atoms with E-state index in [1.807, 2.05) is 30.3 Å². The molecule has 27 heavy (non-hydrogen) atoms. The molecule has 0 fully saturated rings. The molecular weight excluding hydrogens is 388 g/mol. The van der Waals surface area contributed by atoms with E-state index in [1.54, 1.807) is 10.8 Å². The van der Waals surface area contributed by atoms with Crippen LogP contribution in [0.5, 0.6) is 0 Å². The average molecular weight is 404 g/mol. The van der Waals surface area contributed by atoms with Gasteiger partial charge < -0.3 is 11.1 Å². The molecule has 8 nitrogen and oxygen atoms in total. The van der Waals surface area contributed by atoms with Crippen LogP contribution in [0.1, 0.15) is 5.56 Å². The molecule has 0 saturated heterocycles. The van der Waals surface area contributed by atoms with Crippen LogP contribution in [0.3, 0.4) is 0 Å². The molecule has 0 aliphatic heterocycles. The molecule has 0 aliphatic rings. The Morgan fingerprint density at radius 2 is 1.63 bits per heavy atom. The molecule has 0 aliphatic carbocycles. The van der Waals surface area contributed by atoms with Crippen molar-refractivity contribution in [2.24, 2.45) is 5.73 Å². The average Bonchev–Trinajstić information content (AvgIpc) is 2.60. The number of carbonyl (C=O) groups is 2. The van der Waals surface area contributed by atoms with Crippen LogP contribution in [0.25, 0.3) is 6.08 Å². The topological polar surface area (TPSA) is 130 Å². The summed E-state index contributed by atoms with van der Waals surface area (Å²) in [4.78, 5) is 22.4. The second kappa shape index (κ2) is 8.92. The number of thiocarbonyl (C=S) groups is 1. The number of nitrogens with two attached hydrogens (primary N) is 1. The van der Waals surface area contributed by atoms with Gasteiger partial charge in [-0.1, -0.05) is 30.3 Å². The van der Waals surface area contributed by atoms with Crippen LogP contribution in [0.15, 0.2) is 65.6 Å². The fraction of sp³-hybridized carbons (Fsp3) is 0. The van der Waals surface area contributed by atoms with Gasteiger partial charge in [-0.25, -0.2) is 17.9 Å². The number of amides is 3. The number of anilines is 1. The molecule has 0 atom stereocenters. The minimum atomic E-state index is -4.02. The molecule has 3 amide bonds. The number of urea groups is 1. The number of hydrogen-bond acceptors (Lipinski definition) is 5. The normalized spacial score (nSPS) is 11.0. The van der Waals surface area contributed by atoms with E-state index in [0.29, 0.717) is 5.69 Å². The smallest absolute Gasteiger partial charge is 0.326 e. The van der Waals surface area contributed by atoms with Gasteiger partial charge in [0.05, 0.1) is 4.90 Å². The number of hydrogen-bond donors (Lipinski definition) is 4. The van der Waals surface area contributed by atoms with Crippen molar-refractivity contribution in [1.29, 1.82) is 0 Å². The van der Waals surface area contributed by atoms with Crippen molar-refractivity contribution in [2.75, 3.05) is 5.32 Å². The molecule has 0 bridgehead atoms. The first-order chi connectivity index (χ1) is 12.8. The van der Waals surface area contributed by atoms with Crippen LogP contribution in [-0.2, 0) is 14.8 Å². The third kappa shape index (κ3) is 6.53. The SMILES string of the molecule is NC(=O)NS(=O)(=O)c1ccc(NC(=S)NC(=O)C=Cc2ccccc2)cc1. The van der Waals surface area contributed by atoms with Crippen molar-refractivity contribution in [1.82, 2.24) is 10.0 Å². The van der Waals surface area contributed by atoms with Gasteiger partial charge in [-0.2, -0.15) is 0 Å². The Balaban J connectivity index is 1.93. The first-order valence-electron chi connectivity index (χ1n) is 7.54. The van der Waals surface area contributed by atoms with E-state index in [1.165, 1.54) is 30.3 Å². The Labute approximate surface area is 161 Å². The molecule has 140 valence electrons. The van der Waals surface area contributed by atoms with Crippen LogP contribution < -0.4 is 21.1 Å². The molecule has 0 saturated carbocycles. The van der Waals surface area contributed by atoms with Gasteiger partial charge in [0.1, 0.15) is 0 Å². The van der Waals surface area contributed by atoms with E-state index in [0.717, 1.165) is 5.56 Å². The maximum absolute atomic E-state index is 11.8. The van der Waals surface area contributed by atoms with Gasteiger partial charge in [-0.05, 0) is 48.1 Å². The third-order valence-electron chi connectivity index (χ3n) is 3.12. The molecule has 0 heterocycles. The minimum absolute atomic E-state index is 0.0450. The molecule has 10 heteroatoms. The summed E-state index contributed by atoms with van der Waals surface area (Å²) in [5, 5.41) is 5.27. The maximum atomic E-state index is 11.8. The molecule has 0 unspecified atom stereocenters. The molecule has 0 radical (unpaired) electrons. The van der Waals surface area contributed by atoms with Crippen molar-refractivity contribution < 1.29 is 18.0 Å². The van der Waals surface area contributed by atoms with Gasteiger partial charge >= 0.3 is 6.03 Å². The van der Waals surface area contributed by atoms with Gasteiger partial charge in [0.2, 0.25) is 5.91 Å². The van der Waals surface area contributed by atoms with E-state index in [4.69, 9.17) is 18.0 Å². The van der Waals surface area contributed by atoms with Crippen LogP contribution in [0, 0.1) is 0 Å². The summed E-state index contributed by atoms with van der Waals surface area (Å²) in [6.45, 7) is 0. The number of benzene rings is 2. The lowest BCUT2D eigenvalue weighted by atomic mass is 10.2. The molecular formula is C17H16N4O4S2. The Bertz CT molecular complexity index is 972. The van der Waals surface area contributed by atoms with Crippen molar-refractivity contribution in [3.05, 3.63) is 66.2 Å². The monoisotopic (exact) mass is 404 g/mol. The second-order valence-electron chi connectivity index (χ2n) is 5.18. The number of rotatable bonds is 5. The van der Waals surface area contributed by atoms with Gasteiger partial charge in [0.15, 0.2) is 5.11 Å². The Morgan fingerprint density at radius 3 is 2.22 bits per heavy atom. The highest BCUT2D eigenvalue weighted by atomic mass is 32.2. The van der Waals surface area contributed by atoms with Crippen LogP contribution in [0.4, 0.5) is 10.5 Å². The predicted octanol–water partition coefficient (Wildman–Crippen LogP) is 1.57. The molecule has 0 aromatic heterocycles. The van der Waals surface area contributed by atoms with Crippen LogP contribution >= 0.6 is 12.2 Å². The summed E-state index contributed by atoms with van der Waals surface area (Å²) in [5.41, 5.74) is 6.13. The van der Waals surface area contributed by atoms with E-state index in [9.17, 15) is 18.0 Å². The Kier molecular flexibility index (Phi) is 6.63. The second-order valence-corrected chi connectivity index (χ2v) is 7.27. The fourth-order valence-electron chi connectivity index (χ4n) is 1.96.